The molecule has 3 aromatic rings. The maximum atomic E-state index is 13.9. The third-order valence-electron chi connectivity index (χ3n) is 5.26. The van der Waals surface area contributed by atoms with Crippen LogP contribution in [0.4, 0.5) is 21.8 Å². The van der Waals surface area contributed by atoms with Crippen LogP contribution in [0.1, 0.15) is 31.7 Å². The van der Waals surface area contributed by atoms with Crippen molar-refractivity contribution in [3.63, 3.8) is 0 Å². The van der Waals surface area contributed by atoms with E-state index in [1.54, 1.807) is 31.8 Å². The van der Waals surface area contributed by atoms with Crippen molar-refractivity contribution < 1.29 is 14.2 Å². The first kappa shape index (κ1) is 20.2. The number of methoxy groups -OCH3 is 1. The van der Waals surface area contributed by atoms with E-state index in [-0.39, 0.29) is 12.5 Å². The molecule has 4 heterocycles. The highest BCUT2D eigenvalue weighted by atomic mass is 19.1. The average molecular weight is 412 g/mol. The standard InChI is InChI=1S/C21H25FN6O2/c1-12(2)14-9-24-20(30-3)15-10-25-21(27-19(14)15)26-13-4-6-23-18(8-13)28-7-5-17(29)16(22)11-28/h4,6,8-10,12,16-17,29H,5,7,11H2,1-3H3,(H,23,25,26,27)/t16-,17+/m0/s1. The molecule has 2 atom stereocenters. The fourth-order valence-corrected chi connectivity index (χ4v) is 3.56. The molecule has 0 amide bonds. The molecule has 30 heavy (non-hydrogen) atoms. The van der Waals surface area contributed by atoms with Gasteiger partial charge in [0.1, 0.15) is 12.0 Å². The van der Waals surface area contributed by atoms with Crippen LogP contribution in [0.3, 0.4) is 0 Å². The summed E-state index contributed by atoms with van der Waals surface area (Å²) in [5.41, 5.74) is 2.54. The van der Waals surface area contributed by atoms with Gasteiger partial charge in [-0.1, -0.05) is 13.8 Å². The average Bonchev–Trinajstić information content (AvgIpc) is 2.74. The van der Waals surface area contributed by atoms with Gasteiger partial charge in [0, 0.05) is 36.9 Å². The van der Waals surface area contributed by atoms with E-state index in [0.717, 1.165) is 22.2 Å². The molecule has 0 saturated carbocycles. The molecular weight excluding hydrogens is 387 g/mol. The van der Waals surface area contributed by atoms with Gasteiger partial charge in [0.25, 0.3) is 0 Å². The number of hydrogen-bond donors (Lipinski definition) is 2. The number of anilines is 3. The Labute approximate surface area is 174 Å². The number of aliphatic hydroxyl groups is 1. The van der Waals surface area contributed by atoms with Crippen molar-refractivity contribution >= 4 is 28.4 Å². The zero-order valence-corrected chi connectivity index (χ0v) is 17.2. The fourth-order valence-electron chi connectivity index (χ4n) is 3.56. The van der Waals surface area contributed by atoms with Gasteiger partial charge in [-0.05, 0) is 24.0 Å². The number of ether oxygens (including phenoxy) is 1. The van der Waals surface area contributed by atoms with Crippen LogP contribution in [0.2, 0.25) is 0 Å². The fraction of sp³-hybridized carbons (Fsp3) is 0.429. The van der Waals surface area contributed by atoms with E-state index in [2.05, 4.69) is 34.1 Å². The topological polar surface area (TPSA) is 96.3 Å². The number of aliphatic hydroxyl groups excluding tert-OH is 1. The van der Waals surface area contributed by atoms with Crippen molar-refractivity contribution in [3.8, 4) is 5.88 Å². The summed E-state index contributed by atoms with van der Waals surface area (Å²) in [5.74, 6) is 1.81. The molecule has 0 radical (unpaired) electrons. The monoisotopic (exact) mass is 412 g/mol. The van der Waals surface area contributed by atoms with E-state index in [1.807, 2.05) is 11.0 Å². The number of piperidine rings is 1. The lowest BCUT2D eigenvalue weighted by Crippen LogP contribution is -2.44. The highest BCUT2D eigenvalue weighted by Gasteiger charge is 2.28. The predicted octanol–water partition coefficient (Wildman–Crippen LogP) is 3.20. The molecular formula is C21H25FN6O2. The number of fused-ring (bicyclic) bond motifs is 1. The Kier molecular flexibility index (Phi) is 5.63. The lowest BCUT2D eigenvalue weighted by atomic mass is 10.0. The van der Waals surface area contributed by atoms with Crippen LogP contribution < -0.4 is 15.0 Å². The number of alkyl halides is 1. The van der Waals surface area contributed by atoms with Gasteiger partial charge in [-0.2, -0.15) is 0 Å². The molecule has 4 rings (SSSR count). The predicted molar refractivity (Wildman–Crippen MR) is 113 cm³/mol. The van der Waals surface area contributed by atoms with Crippen LogP contribution in [0.15, 0.2) is 30.7 Å². The number of pyridine rings is 2. The minimum atomic E-state index is -1.28. The Morgan fingerprint density at radius 3 is 2.83 bits per heavy atom. The molecule has 8 nitrogen and oxygen atoms in total. The summed E-state index contributed by atoms with van der Waals surface area (Å²) in [6.45, 7) is 4.84. The third kappa shape index (κ3) is 3.97. The Bertz CT molecular complexity index is 1050. The number of nitrogens with zero attached hydrogens (tertiary/aromatic N) is 5. The van der Waals surface area contributed by atoms with Gasteiger partial charge < -0.3 is 20.1 Å². The number of nitrogens with one attached hydrogen (secondary N) is 1. The van der Waals surface area contributed by atoms with Gasteiger partial charge in [0.15, 0.2) is 0 Å². The highest BCUT2D eigenvalue weighted by molar-refractivity contribution is 5.86. The quantitative estimate of drug-likeness (QED) is 0.660. The summed E-state index contributed by atoms with van der Waals surface area (Å²) in [4.78, 5) is 19.6. The molecule has 0 aliphatic carbocycles. The maximum absolute atomic E-state index is 13.9. The summed E-state index contributed by atoms with van der Waals surface area (Å²) in [7, 11) is 1.57. The first-order valence-electron chi connectivity index (χ1n) is 9.96. The second-order valence-corrected chi connectivity index (χ2v) is 7.68. The van der Waals surface area contributed by atoms with E-state index in [0.29, 0.717) is 30.6 Å². The summed E-state index contributed by atoms with van der Waals surface area (Å²) in [6.07, 6.45) is 3.33. The maximum Gasteiger partial charge on any atom is 0.227 e. The molecule has 1 saturated heterocycles. The first-order chi connectivity index (χ1) is 14.5. The van der Waals surface area contributed by atoms with Gasteiger partial charge >= 0.3 is 0 Å². The Morgan fingerprint density at radius 1 is 1.27 bits per heavy atom. The van der Waals surface area contributed by atoms with Crippen LogP contribution in [0, 0.1) is 0 Å². The highest BCUT2D eigenvalue weighted by Crippen LogP contribution is 2.30. The van der Waals surface area contributed by atoms with E-state index < -0.39 is 12.3 Å². The molecule has 158 valence electrons. The van der Waals surface area contributed by atoms with Gasteiger partial charge in [-0.3, -0.25) is 0 Å². The summed E-state index contributed by atoms with van der Waals surface area (Å²) in [5, 5.41) is 13.6. The summed E-state index contributed by atoms with van der Waals surface area (Å²) < 4.78 is 19.2. The van der Waals surface area contributed by atoms with E-state index in [4.69, 9.17) is 9.72 Å². The van der Waals surface area contributed by atoms with Crippen LogP contribution in [-0.2, 0) is 0 Å². The van der Waals surface area contributed by atoms with Crippen molar-refractivity contribution in [2.45, 2.75) is 38.5 Å². The minimum absolute atomic E-state index is 0.120. The SMILES string of the molecule is COc1ncc(C(C)C)c2nc(Nc3ccnc(N4CC[C@@H](O)[C@@H](F)C4)c3)ncc12. The molecule has 2 N–H and O–H groups in total. The molecule has 9 heteroatoms. The molecule has 0 aromatic carbocycles. The molecule has 0 bridgehead atoms. The number of rotatable bonds is 5. The van der Waals surface area contributed by atoms with Crippen molar-refractivity contribution in [2.75, 3.05) is 30.4 Å². The van der Waals surface area contributed by atoms with Crippen molar-refractivity contribution in [1.82, 2.24) is 19.9 Å². The van der Waals surface area contributed by atoms with Crippen LogP contribution in [0.25, 0.3) is 10.9 Å². The van der Waals surface area contributed by atoms with E-state index >= 15 is 0 Å². The van der Waals surface area contributed by atoms with Gasteiger partial charge in [0.2, 0.25) is 11.8 Å². The zero-order chi connectivity index (χ0) is 21.3. The number of hydrogen-bond acceptors (Lipinski definition) is 8. The lowest BCUT2D eigenvalue weighted by Gasteiger charge is -2.33. The number of aromatic nitrogens is 4. The molecule has 0 spiro atoms. The van der Waals surface area contributed by atoms with Crippen LogP contribution in [0.5, 0.6) is 5.88 Å². The number of halogens is 1. The largest absolute Gasteiger partial charge is 0.480 e. The molecule has 3 aromatic heterocycles. The van der Waals surface area contributed by atoms with Crippen LogP contribution in [-0.4, -0.2) is 57.5 Å². The minimum Gasteiger partial charge on any atom is -0.480 e. The second-order valence-electron chi connectivity index (χ2n) is 7.68. The lowest BCUT2D eigenvalue weighted by molar-refractivity contribution is 0.0614. The Morgan fingerprint density at radius 2 is 2.10 bits per heavy atom. The molecule has 1 aliphatic heterocycles. The Hall–Kier alpha value is -3.07. The van der Waals surface area contributed by atoms with Gasteiger partial charge in [-0.15, -0.1) is 0 Å². The summed E-state index contributed by atoms with van der Waals surface area (Å²) >= 11 is 0. The summed E-state index contributed by atoms with van der Waals surface area (Å²) in [6, 6.07) is 3.63. The first-order valence-corrected chi connectivity index (χ1v) is 9.96. The van der Waals surface area contributed by atoms with Gasteiger partial charge in [0.05, 0.1) is 30.7 Å². The van der Waals surface area contributed by atoms with Crippen molar-refractivity contribution in [2.24, 2.45) is 0 Å². The second kappa shape index (κ2) is 8.35. The van der Waals surface area contributed by atoms with E-state index in [1.165, 1.54) is 0 Å². The van der Waals surface area contributed by atoms with Gasteiger partial charge in [-0.25, -0.2) is 24.3 Å². The zero-order valence-electron chi connectivity index (χ0n) is 17.2. The van der Waals surface area contributed by atoms with E-state index in [9.17, 15) is 9.50 Å². The molecule has 1 aliphatic rings. The van der Waals surface area contributed by atoms with Crippen molar-refractivity contribution in [1.29, 1.82) is 0 Å². The smallest absolute Gasteiger partial charge is 0.227 e. The van der Waals surface area contributed by atoms with Crippen LogP contribution >= 0.6 is 0 Å². The normalized spacial score (nSPS) is 19.3. The van der Waals surface area contributed by atoms with Crippen molar-refractivity contribution in [3.05, 3.63) is 36.3 Å². The Balaban J connectivity index is 1.62. The third-order valence-corrected chi connectivity index (χ3v) is 5.26. The molecule has 1 fully saturated rings. The molecule has 0 unspecified atom stereocenters.